The van der Waals surface area contributed by atoms with E-state index in [4.69, 9.17) is 0 Å². The van der Waals surface area contributed by atoms with Crippen LogP contribution in [0.25, 0.3) is 0 Å². The van der Waals surface area contributed by atoms with Crippen molar-refractivity contribution in [2.45, 2.75) is 35.2 Å². The van der Waals surface area contributed by atoms with Gasteiger partial charge in [0.1, 0.15) is 0 Å². The summed E-state index contributed by atoms with van der Waals surface area (Å²) in [7, 11) is 0. The Morgan fingerprint density at radius 2 is 1.29 bits per heavy atom. The molecule has 0 atom stereocenters. The van der Waals surface area contributed by atoms with E-state index in [9.17, 15) is 13.2 Å². The fraction of sp³-hybridized carbons (Fsp3) is 0.538. The number of hydrogen-bond acceptors (Lipinski definition) is 5. The molecule has 3 aliphatic rings. The molecule has 2 saturated heterocycles. The summed E-state index contributed by atoms with van der Waals surface area (Å²) in [6, 6.07) is 12.2. The van der Waals surface area contributed by atoms with Gasteiger partial charge in [0.15, 0.2) is 0 Å². The van der Waals surface area contributed by atoms with Crippen LogP contribution in [-0.2, 0) is 6.18 Å². The smallest absolute Gasteiger partial charge is 0.340 e. The lowest BCUT2D eigenvalue weighted by molar-refractivity contribution is -0.137. The normalized spacial score (nSPS) is 19.9. The summed E-state index contributed by atoms with van der Waals surface area (Å²) in [4.78, 5) is 11.7. The first-order valence-electron chi connectivity index (χ1n) is 12.4. The molecule has 3 heterocycles. The average molecular weight is 491 g/mol. The maximum Gasteiger partial charge on any atom is 0.416 e. The standard InChI is InChI=1S/C26H33F3N4S/c27-26(28,29)21-8-9-25-23(20-21)33(22-6-1-2-7-24(22)34-25)13-5-12-31-15-18-32(19-16-31)17-14-30-10-3-4-11-30/h1-2,6-9,20H,3-5,10-19H2. The third-order valence-electron chi connectivity index (χ3n) is 7.21. The molecule has 3 aliphatic heterocycles. The minimum absolute atomic E-state index is 0.582. The maximum absolute atomic E-state index is 13.4. The lowest BCUT2D eigenvalue weighted by Gasteiger charge is -2.37. The van der Waals surface area contributed by atoms with E-state index in [1.807, 2.05) is 18.2 Å². The van der Waals surface area contributed by atoms with Crippen molar-refractivity contribution >= 4 is 23.1 Å². The van der Waals surface area contributed by atoms with Gasteiger partial charge in [-0.3, -0.25) is 4.90 Å². The third kappa shape index (κ3) is 5.56. The summed E-state index contributed by atoms with van der Waals surface area (Å²) >= 11 is 1.55. The van der Waals surface area contributed by atoms with Crippen LogP contribution >= 0.6 is 11.8 Å². The predicted octanol–water partition coefficient (Wildman–Crippen LogP) is 5.41. The first kappa shape index (κ1) is 24.0. The SMILES string of the molecule is FC(F)(F)c1ccc2c(c1)N(CCCN1CCN(CCN3CCCC3)CC1)c1ccccc1S2. The highest BCUT2D eigenvalue weighted by atomic mass is 32.2. The summed E-state index contributed by atoms with van der Waals surface area (Å²) in [6.07, 6.45) is -0.731. The minimum atomic E-state index is -4.34. The van der Waals surface area contributed by atoms with E-state index >= 15 is 0 Å². The molecule has 184 valence electrons. The second-order valence-corrected chi connectivity index (χ2v) is 10.6. The lowest BCUT2D eigenvalue weighted by Crippen LogP contribution is -2.48. The summed E-state index contributed by atoms with van der Waals surface area (Å²) in [5, 5.41) is 0. The Hall–Kier alpha value is -1.74. The monoisotopic (exact) mass is 490 g/mol. The zero-order chi connectivity index (χ0) is 23.5. The van der Waals surface area contributed by atoms with Crippen LogP contribution in [0.5, 0.6) is 0 Å². The molecule has 0 N–H and O–H groups in total. The van der Waals surface area contributed by atoms with Crippen molar-refractivity contribution in [1.29, 1.82) is 0 Å². The summed E-state index contributed by atoms with van der Waals surface area (Å²) in [5.41, 5.74) is 1.09. The number of piperazine rings is 1. The summed E-state index contributed by atoms with van der Waals surface area (Å²) in [5.74, 6) is 0. The number of nitrogens with zero attached hydrogens (tertiary/aromatic N) is 4. The third-order valence-corrected chi connectivity index (χ3v) is 8.34. The van der Waals surface area contributed by atoms with Crippen LogP contribution < -0.4 is 4.90 Å². The van der Waals surface area contributed by atoms with E-state index in [-0.39, 0.29) is 0 Å². The van der Waals surface area contributed by atoms with Crippen LogP contribution in [-0.4, -0.2) is 80.1 Å². The Balaban J connectivity index is 1.18. The van der Waals surface area contributed by atoms with Gasteiger partial charge < -0.3 is 14.7 Å². The van der Waals surface area contributed by atoms with Crippen LogP contribution in [0.4, 0.5) is 24.5 Å². The van der Waals surface area contributed by atoms with Gasteiger partial charge in [-0.1, -0.05) is 23.9 Å². The molecule has 8 heteroatoms. The fourth-order valence-corrected chi connectivity index (χ4v) is 6.30. The van der Waals surface area contributed by atoms with Gasteiger partial charge in [0.05, 0.1) is 16.9 Å². The molecule has 2 fully saturated rings. The van der Waals surface area contributed by atoms with Crippen molar-refractivity contribution in [3.8, 4) is 0 Å². The Kier molecular flexibility index (Phi) is 7.39. The van der Waals surface area contributed by atoms with Crippen LogP contribution in [0, 0.1) is 0 Å². The molecular weight excluding hydrogens is 457 g/mol. The van der Waals surface area contributed by atoms with E-state index in [1.54, 1.807) is 17.8 Å². The van der Waals surface area contributed by atoms with Gasteiger partial charge in [0, 0.05) is 55.6 Å². The number of alkyl halides is 3. The van der Waals surface area contributed by atoms with Gasteiger partial charge in [-0.15, -0.1) is 0 Å². The van der Waals surface area contributed by atoms with E-state index in [1.165, 1.54) is 44.6 Å². The number of hydrogen-bond donors (Lipinski definition) is 0. The fourth-order valence-electron chi connectivity index (χ4n) is 5.22. The molecule has 0 aliphatic carbocycles. The second-order valence-electron chi connectivity index (χ2n) is 9.49. The van der Waals surface area contributed by atoms with E-state index < -0.39 is 11.7 Å². The summed E-state index contributed by atoms with van der Waals surface area (Å²) in [6.45, 7) is 10.9. The molecule has 0 spiro atoms. The van der Waals surface area contributed by atoms with Gasteiger partial charge in [-0.05, 0) is 69.2 Å². The number of fused-ring (bicyclic) bond motifs is 2. The molecule has 4 nitrogen and oxygen atoms in total. The molecule has 0 unspecified atom stereocenters. The Bertz CT molecular complexity index is 969. The topological polar surface area (TPSA) is 13.0 Å². The molecule has 0 bridgehead atoms. The molecule has 0 radical (unpaired) electrons. The summed E-state index contributed by atoms with van der Waals surface area (Å²) < 4.78 is 40.2. The van der Waals surface area contributed by atoms with E-state index in [0.29, 0.717) is 12.2 Å². The van der Waals surface area contributed by atoms with E-state index in [0.717, 1.165) is 61.2 Å². The van der Waals surface area contributed by atoms with Gasteiger partial charge in [-0.25, -0.2) is 0 Å². The number of para-hydroxylation sites is 1. The predicted molar refractivity (Wildman–Crippen MR) is 132 cm³/mol. The zero-order valence-corrected chi connectivity index (χ0v) is 20.4. The van der Waals surface area contributed by atoms with Crippen LogP contribution in [0.1, 0.15) is 24.8 Å². The Labute approximate surface area is 204 Å². The molecule has 0 amide bonds. The highest BCUT2D eigenvalue weighted by molar-refractivity contribution is 7.99. The molecule has 5 rings (SSSR count). The average Bonchev–Trinajstić information content (AvgIpc) is 3.36. The van der Waals surface area contributed by atoms with Gasteiger partial charge in [0.2, 0.25) is 0 Å². The highest BCUT2D eigenvalue weighted by Crippen LogP contribution is 2.49. The number of halogens is 3. The van der Waals surface area contributed by atoms with Gasteiger partial charge >= 0.3 is 6.18 Å². The largest absolute Gasteiger partial charge is 0.416 e. The Morgan fingerprint density at radius 3 is 2.00 bits per heavy atom. The van der Waals surface area contributed by atoms with E-state index in [2.05, 4.69) is 25.7 Å². The zero-order valence-electron chi connectivity index (χ0n) is 19.6. The number of rotatable bonds is 7. The first-order valence-corrected chi connectivity index (χ1v) is 13.2. The van der Waals surface area contributed by atoms with Crippen LogP contribution in [0.3, 0.4) is 0 Å². The lowest BCUT2D eigenvalue weighted by atomic mass is 10.1. The van der Waals surface area contributed by atoms with Crippen molar-refractivity contribution in [2.24, 2.45) is 0 Å². The van der Waals surface area contributed by atoms with Crippen molar-refractivity contribution in [1.82, 2.24) is 14.7 Å². The van der Waals surface area contributed by atoms with Crippen molar-refractivity contribution < 1.29 is 13.2 Å². The molecule has 0 aromatic heterocycles. The van der Waals surface area contributed by atoms with Crippen molar-refractivity contribution in [3.05, 3.63) is 48.0 Å². The quantitative estimate of drug-likeness (QED) is 0.513. The van der Waals surface area contributed by atoms with Crippen LogP contribution in [0.2, 0.25) is 0 Å². The number of benzene rings is 2. The molecule has 0 saturated carbocycles. The van der Waals surface area contributed by atoms with Crippen molar-refractivity contribution in [3.63, 3.8) is 0 Å². The minimum Gasteiger partial charge on any atom is -0.340 e. The van der Waals surface area contributed by atoms with Gasteiger partial charge in [0.25, 0.3) is 0 Å². The molecule has 2 aromatic carbocycles. The van der Waals surface area contributed by atoms with Gasteiger partial charge in [-0.2, -0.15) is 13.2 Å². The molecular formula is C26H33F3N4S. The highest BCUT2D eigenvalue weighted by Gasteiger charge is 2.33. The molecule has 34 heavy (non-hydrogen) atoms. The number of likely N-dealkylation sites (tertiary alicyclic amines) is 1. The first-order chi connectivity index (χ1) is 16.5. The second kappa shape index (κ2) is 10.5. The van der Waals surface area contributed by atoms with Crippen LogP contribution in [0.15, 0.2) is 52.3 Å². The van der Waals surface area contributed by atoms with Crippen molar-refractivity contribution in [2.75, 3.05) is 70.3 Å². The molecule has 2 aromatic rings. The Morgan fingerprint density at radius 1 is 0.676 bits per heavy atom. The maximum atomic E-state index is 13.4. The number of anilines is 2.